The van der Waals surface area contributed by atoms with Gasteiger partial charge in [0.1, 0.15) is 17.4 Å². The number of nitrogens with zero attached hydrogens (tertiary/aromatic N) is 1. The van der Waals surface area contributed by atoms with Crippen LogP contribution in [0.2, 0.25) is 5.02 Å². The fraction of sp³-hybridized carbons (Fsp3) is 0.375. The van der Waals surface area contributed by atoms with E-state index < -0.39 is 41.8 Å². The van der Waals surface area contributed by atoms with E-state index in [0.717, 1.165) is 31.0 Å². The number of fused-ring (bicyclic) bond motifs is 1. The van der Waals surface area contributed by atoms with Gasteiger partial charge in [-0.2, -0.15) is 8.78 Å². The number of rotatable bonds is 8. The molecular weight excluding hydrogens is 511 g/mol. The fourth-order valence-electron chi connectivity index (χ4n) is 4.11. The monoisotopic (exact) mass is 532 g/mol. The third kappa shape index (κ3) is 6.08. The second-order valence-corrected chi connectivity index (χ2v) is 8.95. The Bertz CT molecular complexity index is 1210. The molecule has 1 aromatic heterocycles. The lowest BCUT2D eigenvalue weighted by molar-refractivity contribution is -0.274. The van der Waals surface area contributed by atoms with Crippen LogP contribution in [0.1, 0.15) is 30.3 Å². The predicted octanol–water partition coefficient (Wildman–Crippen LogP) is 5.39. The Morgan fingerprint density at radius 3 is 2.39 bits per heavy atom. The molecule has 3 aromatic rings. The number of carbonyl (C=O) groups is 1. The number of likely N-dealkylation sites (tertiary alicyclic amines) is 1. The van der Waals surface area contributed by atoms with Crippen LogP contribution in [-0.2, 0) is 10.7 Å². The molecule has 0 radical (unpaired) electrons. The Morgan fingerprint density at radius 2 is 1.75 bits per heavy atom. The SMILES string of the molecule is O=C(N[C@H](CN1CCCC1)[C@H](O)c1ccc(OC(F)(F)F)cc1)C(F)(F)c1cc2cc(Cl)ccc2o1. The lowest BCUT2D eigenvalue weighted by atomic mass is 10.0. The molecule has 1 fully saturated rings. The molecular formula is C24H22ClF5N2O4. The number of ether oxygens (including phenoxy) is 1. The van der Waals surface area contributed by atoms with Crippen LogP contribution in [0.4, 0.5) is 22.0 Å². The van der Waals surface area contributed by atoms with Gasteiger partial charge in [-0.1, -0.05) is 23.7 Å². The summed E-state index contributed by atoms with van der Waals surface area (Å²) < 4.78 is 76.4. The van der Waals surface area contributed by atoms with Gasteiger partial charge in [0.05, 0.1) is 6.04 Å². The molecule has 1 saturated heterocycles. The molecule has 0 bridgehead atoms. The first-order chi connectivity index (χ1) is 16.9. The van der Waals surface area contributed by atoms with Crippen LogP contribution in [0, 0.1) is 0 Å². The number of nitrogens with one attached hydrogen (secondary N) is 1. The van der Waals surface area contributed by atoms with Crippen LogP contribution < -0.4 is 10.1 Å². The Hall–Kier alpha value is -2.89. The molecule has 0 unspecified atom stereocenters. The van der Waals surface area contributed by atoms with Gasteiger partial charge in [-0.05, 0) is 67.9 Å². The standard InChI is InChI=1S/C24H22ClF5N2O4/c25-16-5-8-19-15(11-16)12-20(35-19)23(26,27)22(34)31-18(13-32-9-1-2-10-32)21(33)14-3-6-17(7-4-14)36-24(28,29)30/h3-8,11-12,18,21,33H,1-2,9-10,13H2,(H,31,34)/t18-,21-/m1/s1. The summed E-state index contributed by atoms with van der Waals surface area (Å²) in [5, 5.41) is 13.7. The highest BCUT2D eigenvalue weighted by atomic mass is 35.5. The average Bonchev–Trinajstić information content (AvgIpc) is 3.47. The van der Waals surface area contributed by atoms with Crippen LogP contribution >= 0.6 is 11.6 Å². The molecule has 0 saturated carbocycles. The molecule has 194 valence electrons. The first-order valence-electron chi connectivity index (χ1n) is 11.1. The minimum Gasteiger partial charge on any atom is -0.454 e. The van der Waals surface area contributed by atoms with Gasteiger partial charge < -0.3 is 24.5 Å². The highest BCUT2D eigenvalue weighted by Gasteiger charge is 2.46. The van der Waals surface area contributed by atoms with E-state index in [1.165, 1.54) is 30.3 Å². The molecule has 1 aliphatic rings. The number of alkyl halides is 5. The van der Waals surface area contributed by atoms with Gasteiger partial charge >= 0.3 is 12.3 Å². The molecule has 0 spiro atoms. The van der Waals surface area contributed by atoms with Gasteiger partial charge in [0.25, 0.3) is 5.91 Å². The van der Waals surface area contributed by atoms with Crippen molar-refractivity contribution >= 4 is 28.5 Å². The number of amides is 1. The molecule has 2 heterocycles. The Kier molecular flexibility index (Phi) is 7.44. The zero-order valence-corrected chi connectivity index (χ0v) is 19.5. The summed E-state index contributed by atoms with van der Waals surface area (Å²) in [6.45, 7) is 1.36. The third-order valence-electron chi connectivity index (χ3n) is 5.88. The highest BCUT2D eigenvalue weighted by Crippen LogP contribution is 2.35. The van der Waals surface area contributed by atoms with Crippen molar-refractivity contribution in [3.8, 4) is 5.75 Å². The normalized spacial score (nSPS) is 16.8. The quantitative estimate of drug-likeness (QED) is 0.381. The van der Waals surface area contributed by atoms with E-state index in [0.29, 0.717) is 23.5 Å². The Balaban J connectivity index is 1.54. The second-order valence-electron chi connectivity index (χ2n) is 8.52. The summed E-state index contributed by atoms with van der Waals surface area (Å²) in [7, 11) is 0. The van der Waals surface area contributed by atoms with Crippen molar-refractivity contribution in [3.63, 3.8) is 0 Å². The molecule has 0 aliphatic carbocycles. The van der Waals surface area contributed by atoms with Crippen LogP contribution in [0.5, 0.6) is 5.75 Å². The first kappa shape index (κ1) is 26.2. The van der Waals surface area contributed by atoms with Crippen molar-refractivity contribution in [2.24, 2.45) is 0 Å². The molecule has 2 aromatic carbocycles. The molecule has 1 aliphatic heterocycles. The summed E-state index contributed by atoms with van der Waals surface area (Å²) in [6.07, 6.45) is -4.63. The largest absolute Gasteiger partial charge is 0.573 e. The summed E-state index contributed by atoms with van der Waals surface area (Å²) in [4.78, 5) is 14.6. The number of aliphatic hydroxyl groups excluding tert-OH is 1. The van der Waals surface area contributed by atoms with Crippen LogP contribution in [-0.4, -0.2) is 48.0 Å². The number of furan rings is 1. The maximum atomic E-state index is 15.1. The average molecular weight is 533 g/mol. The van der Waals surface area contributed by atoms with E-state index in [4.69, 9.17) is 16.0 Å². The predicted molar refractivity (Wildman–Crippen MR) is 121 cm³/mol. The second kappa shape index (κ2) is 10.2. The number of hydrogen-bond acceptors (Lipinski definition) is 5. The first-order valence-corrected chi connectivity index (χ1v) is 11.4. The van der Waals surface area contributed by atoms with Crippen molar-refractivity contribution in [3.05, 3.63) is 64.9 Å². The van der Waals surface area contributed by atoms with Gasteiger partial charge in [0.15, 0.2) is 5.76 Å². The Morgan fingerprint density at radius 1 is 1.08 bits per heavy atom. The third-order valence-corrected chi connectivity index (χ3v) is 6.11. The van der Waals surface area contributed by atoms with Gasteiger partial charge in [0.2, 0.25) is 0 Å². The van der Waals surface area contributed by atoms with Crippen LogP contribution in [0.25, 0.3) is 11.0 Å². The van der Waals surface area contributed by atoms with Crippen molar-refractivity contribution in [1.82, 2.24) is 10.2 Å². The summed E-state index contributed by atoms with van der Waals surface area (Å²) in [5.74, 6) is -7.15. The van der Waals surface area contributed by atoms with E-state index >= 15 is 8.78 Å². The van der Waals surface area contributed by atoms with E-state index in [1.807, 2.05) is 4.90 Å². The maximum absolute atomic E-state index is 15.1. The molecule has 12 heteroatoms. The molecule has 2 N–H and O–H groups in total. The van der Waals surface area contributed by atoms with E-state index in [9.17, 15) is 23.1 Å². The Labute approximate surface area is 207 Å². The molecule has 1 amide bonds. The lowest BCUT2D eigenvalue weighted by Crippen LogP contribution is -2.50. The van der Waals surface area contributed by atoms with E-state index in [2.05, 4.69) is 10.1 Å². The van der Waals surface area contributed by atoms with E-state index in [-0.39, 0.29) is 17.7 Å². The molecule has 4 rings (SSSR count). The zero-order valence-electron chi connectivity index (χ0n) is 18.7. The van der Waals surface area contributed by atoms with Gasteiger partial charge in [-0.3, -0.25) is 4.79 Å². The summed E-state index contributed by atoms with van der Waals surface area (Å²) in [6, 6.07) is 8.46. The topological polar surface area (TPSA) is 74.9 Å². The molecule has 2 atom stereocenters. The highest BCUT2D eigenvalue weighted by molar-refractivity contribution is 6.31. The minimum atomic E-state index is -4.89. The van der Waals surface area contributed by atoms with Crippen molar-refractivity contribution in [1.29, 1.82) is 0 Å². The molecule has 36 heavy (non-hydrogen) atoms. The van der Waals surface area contributed by atoms with E-state index in [1.54, 1.807) is 0 Å². The van der Waals surface area contributed by atoms with Crippen molar-refractivity contribution in [2.45, 2.75) is 37.3 Å². The number of halogens is 6. The molecule has 6 nitrogen and oxygen atoms in total. The van der Waals surface area contributed by atoms with Gasteiger partial charge in [0, 0.05) is 17.0 Å². The number of aliphatic hydroxyl groups is 1. The fourth-order valence-corrected chi connectivity index (χ4v) is 4.29. The zero-order chi connectivity index (χ0) is 26.1. The van der Waals surface area contributed by atoms with Crippen molar-refractivity contribution in [2.75, 3.05) is 19.6 Å². The van der Waals surface area contributed by atoms with Gasteiger partial charge in [-0.15, -0.1) is 13.2 Å². The number of benzene rings is 2. The van der Waals surface area contributed by atoms with Crippen molar-refractivity contribution < 1.29 is 41.0 Å². The minimum absolute atomic E-state index is 0.0551. The lowest BCUT2D eigenvalue weighted by Gasteiger charge is -2.29. The van der Waals surface area contributed by atoms with Gasteiger partial charge in [-0.25, -0.2) is 0 Å². The number of hydrogen-bond donors (Lipinski definition) is 2. The number of carbonyl (C=O) groups excluding carboxylic acids is 1. The van der Waals surface area contributed by atoms with Crippen LogP contribution in [0.15, 0.2) is 52.9 Å². The van der Waals surface area contributed by atoms with Crippen LogP contribution in [0.3, 0.4) is 0 Å². The summed E-state index contributed by atoms with van der Waals surface area (Å²) in [5.41, 5.74) is 0.243. The maximum Gasteiger partial charge on any atom is 0.573 e. The smallest absolute Gasteiger partial charge is 0.454 e. The summed E-state index contributed by atoms with van der Waals surface area (Å²) >= 11 is 5.88.